The molecule has 1 fully saturated rings. The summed E-state index contributed by atoms with van der Waals surface area (Å²) in [7, 11) is 2.11. The Morgan fingerprint density at radius 2 is 1.79 bits per heavy atom. The van der Waals surface area contributed by atoms with Gasteiger partial charge in [-0.3, -0.25) is 9.69 Å². The topological polar surface area (TPSA) is 59.4 Å². The van der Waals surface area contributed by atoms with E-state index in [0.29, 0.717) is 6.54 Å². The quantitative estimate of drug-likeness (QED) is 0.840. The largest absolute Gasteiger partial charge is 0.371 e. The summed E-state index contributed by atoms with van der Waals surface area (Å²) in [6, 6.07) is 17.5. The maximum Gasteiger partial charge on any atom is 0.173 e. The molecular formula is C23H24N4O. The number of nitriles is 1. The Hall–Kier alpha value is -2.94. The van der Waals surface area contributed by atoms with Crippen molar-refractivity contribution in [1.29, 1.82) is 5.26 Å². The number of Topliss-reactive ketones (excluding diaryl/α,β-unsaturated/α-hetero) is 1. The van der Waals surface area contributed by atoms with Gasteiger partial charge in [0.2, 0.25) is 0 Å². The van der Waals surface area contributed by atoms with E-state index < -0.39 is 6.04 Å². The average Bonchev–Trinajstić information content (AvgIpc) is 2.85. The molecule has 5 heteroatoms. The number of rotatable bonds is 3. The van der Waals surface area contributed by atoms with Crippen LogP contribution in [-0.4, -0.2) is 55.4 Å². The van der Waals surface area contributed by atoms with Gasteiger partial charge in [0.05, 0.1) is 12.6 Å². The van der Waals surface area contributed by atoms with Gasteiger partial charge in [0, 0.05) is 49.1 Å². The minimum Gasteiger partial charge on any atom is -0.371 e. The number of ketones is 1. The van der Waals surface area contributed by atoms with Crippen molar-refractivity contribution in [3.8, 4) is 6.07 Å². The summed E-state index contributed by atoms with van der Waals surface area (Å²) < 4.78 is 0. The second-order valence-corrected chi connectivity index (χ2v) is 7.44. The number of nitrogens with zero attached hydrogens (tertiary/aromatic N) is 3. The Morgan fingerprint density at radius 3 is 2.54 bits per heavy atom. The first-order chi connectivity index (χ1) is 13.7. The summed E-state index contributed by atoms with van der Waals surface area (Å²) in [5, 5.41) is 12.8. The number of allylic oxidation sites excluding steroid dienone is 1. The zero-order valence-corrected chi connectivity index (χ0v) is 16.1. The summed E-state index contributed by atoms with van der Waals surface area (Å²) in [6.45, 7) is 4.22. The van der Waals surface area contributed by atoms with Crippen LogP contribution >= 0.6 is 0 Å². The van der Waals surface area contributed by atoms with E-state index in [1.165, 1.54) is 0 Å². The zero-order valence-electron chi connectivity index (χ0n) is 16.1. The third-order valence-corrected chi connectivity index (χ3v) is 5.59. The number of nitrogens with one attached hydrogen (secondary N) is 1. The van der Waals surface area contributed by atoms with Crippen LogP contribution in [-0.2, 0) is 4.79 Å². The molecule has 0 bridgehead atoms. The lowest BCUT2D eigenvalue weighted by Gasteiger charge is -2.32. The lowest BCUT2D eigenvalue weighted by Crippen LogP contribution is -2.47. The molecule has 0 aromatic heterocycles. The molecule has 2 aliphatic heterocycles. The predicted molar refractivity (Wildman–Crippen MR) is 111 cm³/mol. The molecule has 142 valence electrons. The molecule has 2 aromatic carbocycles. The summed E-state index contributed by atoms with van der Waals surface area (Å²) in [4.78, 5) is 17.9. The number of benzene rings is 2. The van der Waals surface area contributed by atoms with Gasteiger partial charge >= 0.3 is 0 Å². The normalized spacial score (nSPS) is 21.1. The maximum atomic E-state index is 13.3. The Morgan fingerprint density at radius 1 is 1.11 bits per heavy atom. The number of hydrogen-bond donors (Lipinski definition) is 1. The van der Waals surface area contributed by atoms with Gasteiger partial charge in [-0.2, -0.15) is 5.26 Å². The summed E-state index contributed by atoms with van der Waals surface area (Å²) in [5.41, 5.74) is 4.57. The van der Waals surface area contributed by atoms with Gasteiger partial charge in [0.15, 0.2) is 5.78 Å². The van der Waals surface area contributed by atoms with Gasteiger partial charge in [-0.1, -0.05) is 42.5 Å². The number of para-hydroxylation sites is 1. The monoisotopic (exact) mass is 372 g/mol. The van der Waals surface area contributed by atoms with Crippen LogP contribution < -0.4 is 5.32 Å². The minimum atomic E-state index is -0.429. The third kappa shape index (κ3) is 3.57. The molecule has 0 radical (unpaired) electrons. The van der Waals surface area contributed by atoms with E-state index in [2.05, 4.69) is 28.2 Å². The first kappa shape index (κ1) is 18.4. The predicted octanol–water partition coefficient (Wildman–Crippen LogP) is 2.92. The van der Waals surface area contributed by atoms with Crippen molar-refractivity contribution in [3.63, 3.8) is 0 Å². The number of anilines is 1. The number of piperazine rings is 1. The molecule has 2 aromatic rings. The van der Waals surface area contributed by atoms with E-state index in [0.717, 1.165) is 54.1 Å². The van der Waals surface area contributed by atoms with Crippen LogP contribution in [0.25, 0.3) is 5.57 Å². The zero-order chi connectivity index (χ0) is 19.5. The van der Waals surface area contributed by atoms with Gasteiger partial charge in [0.1, 0.15) is 6.04 Å². The molecule has 1 N–H and O–H groups in total. The van der Waals surface area contributed by atoms with Crippen molar-refractivity contribution < 1.29 is 4.79 Å². The fourth-order valence-electron chi connectivity index (χ4n) is 4.01. The van der Waals surface area contributed by atoms with Crippen LogP contribution in [0, 0.1) is 11.3 Å². The molecule has 2 heterocycles. The number of carbonyl (C=O) groups is 1. The van der Waals surface area contributed by atoms with Crippen molar-refractivity contribution in [1.82, 2.24) is 9.80 Å². The van der Waals surface area contributed by atoms with Crippen molar-refractivity contribution in [3.05, 3.63) is 71.3 Å². The smallest absolute Gasteiger partial charge is 0.173 e. The SMILES string of the molecule is CN1CCN(CC(=O)C2Nc3ccccc3/C(=C\C#N)c3ccccc32)CC1. The first-order valence-electron chi connectivity index (χ1n) is 9.66. The van der Waals surface area contributed by atoms with Crippen LogP contribution in [0.1, 0.15) is 22.7 Å². The molecule has 1 atom stereocenters. The minimum absolute atomic E-state index is 0.157. The van der Waals surface area contributed by atoms with Gasteiger partial charge in [-0.25, -0.2) is 0 Å². The van der Waals surface area contributed by atoms with Crippen LogP contribution in [0.4, 0.5) is 5.69 Å². The number of fused-ring (bicyclic) bond motifs is 2. The van der Waals surface area contributed by atoms with Crippen molar-refractivity contribution >= 4 is 17.0 Å². The fraction of sp³-hybridized carbons (Fsp3) is 0.304. The summed E-state index contributed by atoms with van der Waals surface area (Å²) in [5.74, 6) is 0.157. The van der Waals surface area contributed by atoms with Gasteiger partial charge in [-0.05, 0) is 24.2 Å². The number of carbonyl (C=O) groups excluding carboxylic acids is 1. The molecule has 0 spiro atoms. The van der Waals surface area contributed by atoms with Gasteiger partial charge in [0.25, 0.3) is 0 Å². The Kier molecular flexibility index (Phi) is 5.25. The highest BCUT2D eigenvalue weighted by atomic mass is 16.1. The standard InChI is InChI=1S/C23H24N4O/c1-26-12-14-27(15-13-26)16-22(28)23-20-8-3-2-6-17(20)18(10-11-24)19-7-4-5-9-21(19)25-23/h2-10,23,25H,12-16H2,1H3/b18-10-. The molecule has 2 aliphatic rings. The second kappa shape index (κ2) is 7.97. The lowest BCUT2D eigenvalue weighted by atomic mass is 9.91. The highest BCUT2D eigenvalue weighted by Gasteiger charge is 2.30. The van der Waals surface area contributed by atoms with Crippen molar-refractivity contribution in [2.24, 2.45) is 0 Å². The van der Waals surface area contributed by atoms with E-state index in [1.54, 1.807) is 6.08 Å². The lowest BCUT2D eigenvalue weighted by molar-refractivity contribution is -0.121. The Balaban J connectivity index is 1.72. The van der Waals surface area contributed by atoms with Crippen LogP contribution in [0.2, 0.25) is 0 Å². The highest BCUT2D eigenvalue weighted by molar-refractivity contribution is 5.97. The second-order valence-electron chi connectivity index (χ2n) is 7.44. The van der Waals surface area contributed by atoms with Crippen LogP contribution in [0.5, 0.6) is 0 Å². The Labute approximate surface area is 165 Å². The highest BCUT2D eigenvalue weighted by Crippen LogP contribution is 2.39. The average molecular weight is 372 g/mol. The van der Waals surface area contributed by atoms with Crippen molar-refractivity contribution in [2.75, 3.05) is 45.1 Å². The summed E-state index contributed by atoms with van der Waals surface area (Å²) >= 11 is 0. The molecule has 0 saturated carbocycles. The molecule has 4 rings (SSSR count). The van der Waals surface area contributed by atoms with Gasteiger partial charge in [-0.15, -0.1) is 0 Å². The molecule has 0 aliphatic carbocycles. The molecule has 28 heavy (non-hydrogen) atoms. The van der Waals surface area contributed by atoms with Gasteiger partial charge < -0.3 is 10.2 Å². The fourth-order valence-corrected chi connectivity index (χ4v) is 4.01. The Bertz CT molecular complexity index is 951. The van der Waals surface area contributed by atoms with E-state index in [-0.39, 0.29) is 5.78 Å². The number of likely N-dealkylation sites (N-methyl/N-ethyl adjacent to an activating group) is 1. The molecule has 1 saturated heterocycles. The molecular weight excluding hydrogens is 348 g/mol. The summed E-state index contributed by atoms with van der Waals surface area (Å²) in [6.07, 6.45) is 1.58. The maximum absolute atomic E-state index is 13.3. The molecule has 5 nitrogen and oxygen atoms in total. The van der Waals surface area contributed by atoms with E-state index >= 15 is 0 Å². The molecule has 1 unspecified atom stereocenters. The van der Waals surface area contributed by atoms with E-state index in [4.69, 9.17) is 0 Å². The number of hydrogen-bond acceptors (Lipinski definition) is 5. The van der Waals surface area contributed by atoms with E-state index in [9.17, 15) is 10.1 Å². The third-order valence-electron chi connectivity index (χ3n) is 5.59. The molecule has 0 amide bonds. The van der Waals surface area contributed by atoms with Crippen LogP contribution in [0.15, 0.2) is 54.6 Å². The van der Waals surface area contributed by atoms with E-state index in [1.807, 2.05) is 48.5 Å². The first-order valence-corrected chi connectivity index (χ1v) is 9.66. The van der Waals surface area contributed by atoms with Crippen molar-refractivity contribution in [2.45, 2.75) is 6.04 Å². The van der Waals surface area contributed by atoms with Crippen LogP contribution in [0.3, 0.4) is 0 Å².